The Morgan fingerprint density at radius 3 is 1.50 bits per heavy atom. The first kappa shape index (κ1) is 35.0. The minimum Gasteiger partial charge on any atom is -0.456 e. The number of hydrogen-bond donors (Lipinski definition) is 0. The first-order valence-corrected chi connectivity index (χ1v) is 21.6. The summed E-state index contributed by atoms with van der Waals surface area (Å²) >= 11 is 0. The Morgan fingerprint density at radius 1 is 0.359 bits per heavy atom. The summed E-state index contributed by atoms with van der Waals surface area (Å²) in [5.41, 5.74) is 13.0. The Morgan fingerprint density at radius 2 is 0.859 bits per heavy atom. The second-order valence-electron chi connectivity index (χ2n) is 16.7. The van der Waals surface area contributed by atoms with E-state index in [0.29, 0.717) is 17.5 Å². The van der Waals surface area contributed by atoms with Crippen molar-refractivity contribution in [1.82, 2.24) is 19.5 Å². The fraction of sp³-hybridized carbons (Fsp3) is 0.0172. The third kappa shape index (κ3) is 4.87. The molecular weight excluding hydrogens is 785 g/mol. The van der Waals surface area contributed by atoms with Gasteiger partial charge < -0.3 is 13.4 Å². The molecule has 14 rings (SSSR count). The molecule has 1 aliphatic carbocycles. The Balaban J connectivity index is 1.08. The van der Waals surface area contributed by atoms with Crippen LogP contribution in [0, 0.1) is 0 Å². The molecule has 13 aromatic rings. The number of hydrogen-bond acceptors (Lipinski definition) is 5. The molecule has 9 aromatic carbocycles. The van der Waals surface area contributed by atoms with Crippen molar-refractivity contribution in [1.29, 1.82) is 0 Å². The van der Waals surface area contributed by atoms with E-state index in [4.69, 9.17) is 23.8 Å². The Labute approximate surface area is 366 Å². The highest BCUT2D eigenvalue weighted by Gasteiger charge is 2.49. The molecule has 0 unspecified atom stereocenters. The summed E-state index contributed by atoms with van der Waals surface area (Å²) in [6.45, 7) is 0. The van der Waals surface area contributed by atoms with Gasteiger partial charge in [-0.2, -0.15) is 0 Å². The van der Waals surface area contributed by atoms with E-state index in [1.165, 1.54) is 10.8 Å². The van der Waals surface area contributed by atoms with Crippen molar-refractivity contribution in [2.24, 2.45) is 0 Å². The topological polar surface area (TPSA) is 69.9 Å². The lowest BCUT2D eigenvalue weighted by Crippen LogP contribution is -2.31. The predicted molar refractivity (Wildman–Crippen MR) is 257 cm³/mol. The Hall–Kier alpha value is -8.61. The van der Waals surface area contributed by atoms with Crippen molar-refractivity contribution < 1.29 is 8.83 Å². The summed E-state index contributed by atoms with van der Waals surface area (Å²) in [5.74, 6) is 1.79. The number of rotatable bonds is 5. The molecule has 298 valence electrons. The van der Waals surface area contributed by atoms with Gasteiger partial charge in [-0.15, -0.1) is 0 Å². The van der Waals surface area contributed by atoms with Gasteiger partial charge in [0.25, 0.3) is 0 Å². The second-order valence-corrected chi connectivity index (χ2v) is 16.7. The summed E-state index contributed by atoms with van der Waals surface area (Å²) < 4.78 is 15.0. The van der Waals surface area contributed by atoms with Crippen LogP contribution in [0.2, 0.25) is 0 Å². The molecule has 4 heterocycles. The molecule has 6 nitrogen and oxygen atoms in total. The fourth-order valence-corrected chi connectivity index (χ4v) is 10.5. The van der Waals surface area contributed by atoms with Crippen LogP contribution in [0.15, 0.2) is 215 Å². The lowest BCUT2D eigenvalue weighted by atomic mass is 9.71. The van der Waals surface area contributed by atoms with Gasteiger partial charge in [-0.25, -0.2) is 15.0 Å². The van der Waals surface area contributed by atoms with Gasteiger partial charge in [-0.3, -0.25) is 0 Å². The van der Waals surface area contributed by atoms with E-state index in [0.717, 1.165) is 99.5 Å². The maximum Gasteiger partial charge on any atom is 0.163 e. The molecular formula is C58H34N4O2. The van der Waals surface area contributed by atoms with E-state index in [1.807, 2.05) is 36.4 Å². The zero-order chi connectivity index (χ0) is 41.9. The predicted octanol–water partition coefficient (Wildman–Crippen LogP) is 14.5. The smallest absolute Gasteiger partial charge is 0.163 e. The lowest BCUT2D eigenvalue weighted by Gasteiger charge is -2.32. The summed E-state index contributed by atoms with van der Waals surface area (Å²) in [4.78, 5) is 16.7. The van der Waals surface area contributed by atoms with Crippen LogP contribution in [0.3, 0.4) is 0 Å². The average molecular weight is 819 g/mol. The van der Waals surface area contributed by atoms with E-state index in [1.54, 1.807) is 0 Å². The van der Waals surface area contributed by atoms with Crippen LogP contribution < -0.4 is 0 Å². The highest BCUT2D eigenvalue weighted by molar-refractivity contribution is 6.10. The molecule has 0 radical (unpaired) electrons. The maximum absolute atomic E-state index is 6.40. The standard InChI is InChI=1S/C58H34N4O2/c1-7-22-47-39(16-1)40-17-2-8-23-48(40)58(47,37-29-31-54-46(34-37)44-21-6-12-27-52(44)64-54)57-60-55(59-56(61-57)36-28-30-53-45(33-36)43-20-5-11-26-51(43)63-53)35-14-13-15-38(32-35)62-49-24-9-3-18-41(49)42-19-4-10-25-50(42)62/h1-34H. The summed E-state index contributed by atoms with van der Waals surface area (Å²) in [6, 6.07) is 72.4. The molecule has 0 atom stereocenters. The molecule has 0 spiro atoms. The van der Waals surface area contributed by atoms with E-state index in [2.05, 4.69) is 174 Å². The van der Waals surface area contributed by atoms with E-state index in [9.17, 15) is 0 Å². The number of furan rings is 2. The van der Waals surface area contributed by atoms with Crippen LogP contribution in [0.5, 0.6) is 0 Å². The SMILES string of the molecule is c1cc(-c2nc(-c3ccc4oc5ccccc5c4c3)nc(C3(c4ccc5oc6ccccc6c5c4)c4ccccc4-c4ccccc43)n2)cc(-n2c3ccccc3c3ccccc32)c1. The van der Waals surface area contributed by atoms with Crippen molar-refractivity contribution >= 4 is 65.7 Å². The third-order valence-corrected chi connectivity index (χ3v) is 13.3. The minimum absolute atomic E-state index is 0.575. The van der Waals surface area contributed by atoms with Crippen molar-refractivity contribution in [3.05, 3.63) is 229 Å². The summed E-state index contributed by atoms with van der Waals surface area (Å²) in [5, 5.41) is 6.57. The third-order valence-electron chi connectivity index (χ3n) is 13.3. The van der Waals surface area contributed by atoms with Gasteiger partial charge in [0.05, 0.1) is 11.0 Å². The molecule has 0 aliphatic heterocycles. The normalized spacial score (nSPS) is 13.1. The van der Waals surface area contributed by atoms with Crippen LogP contribution in [0.1, 0.15) is 22.5 Å². The van der Waals surface area contributed by atoms with Crippen LogP contribution in [-0.4, -0.2) is 19.5 Å². The number of para-hydroxylation sites is 4. The van der Waals surface area contributed by atoms with Crippen molar-refractivity contribution in [3.8, 4) is 39.6 Å². The average Bonchev–Trinajstić information content (AvgIpc) is 4.10. The van der Waals surface area contributed by atoms with Crippen molar-refractivity contribution in [2.45, 2.75) is 5.41 Å². The van der Waals surface area contributed by atoms with E-state index in [-0.39, 0.29) is 0 Å². The van der Waals surface area contributed by atoms with E-state index < -0.39 is 5.41 Å². The van der Waals surface area contributed by atoms with Crippen molar-refractivity contribution in [2.75, 3.05) is 0 Å². The van der Waals surface area contributed by atoms with Gasteiger partial charge in [0.15, 0.2) is 17.5 Å². The number of benzene rings is 9. The lowest BCUT2D eigenvalue weighted by molar-refractivity contribution is 0.666. The second kappa shape index (κ2) is 13.2. The van der Waals surface area contributed by atoms with Crippen LogP contribution in [-0.2, 0) is 5.41 Å². The van der Waals surface area contributed by atoms with Gasteiger partial charge >= 0.3 is 0 Å². The van der Waals surface area contributed by atoms with Gasteiger partial charge in [-0.1, -0.05) is 140 Å². The Bertz CT molecular complexity index is 3960. The monoisotopic (exact) mass is 818 g/mol. The molecule has 0 bridgehead atoms. The van der Waals surface area contributed by atoms with Crippen LogP contribution in [0.25, 0.3) is 105 Å². The number of aromatic nitrogens is 4. The summed E-state index contributed by atoms with van der Waals surface area (Å²) in [7, 11) is 0. The largest absolute Gasteiger partial charge is 0.456 e. The minimum atomic E-state index is -0.928. The van der Waals surface area contributed by atoms with E-state index >= 15 is 0 Å². The molecule has 0 saturated heterocycles. The van der Waals surface area contributed by atoms with Crippen LogP contribution in [0.4, 0.5) is 0 Å². The molecule has 6 heteroatoms. The van der Waals surface area contributed by atoms with Gasteiger partial charge in [-0.05, 0) is 94.5 Å². The zero-order valence-corrected chi connectivity index (χ0v) is 34.2. The molecule has 0 saturated carbocycles. The molecule has 64 heavy (non-hydrogen) atoms. The highest BCUT2D eigenvalue weighted by atomic mass is 16.3. The highest BCUT2D eigenvalue weighted by Crippen LogP contribution is 2.56. The Kier molecular flexibility index (Phi) is 7.22. The number of nitrogens with zero attached hydrogens (tertiary/aromatic N) is 4. The van der Waals surface area contributed by atoms with Gasteiger partial charge in [0.2, 0.25) is 0 Å². The zero-order valence-electron chi connectivity index (χ0n) is 34.2. The van der Waals surface area contributed by atoms with Crippen molar-refractivity contribution in [3.63, 3.8) is 0 Å². The van der Waals surface area contributed by atoms with Crippen LogP contribution >= 0.6 is 0 Å². The first-order chi connectivity index (χ1) is 31.7. The van der Waals surface area contributed by atoms with Gasteiger partial charge in [0.1, 0.15) is 27.7 Å². The number of fused-ring (bicyclic) bond motifs is 12. The molecule has 4 aromatic heterocycles. The summed E-state index contributed by atoms with van der Waals surface area (Å²) in [6.07, 6.45) is 0. The molecule has 0 fully saturated rings. The molecule has 0 amide bonds. The molecule has 1 aliphatic rings. The quantitative estimate of drug-likeness (QED) is 0.173. The maximum atomic E-state index is 6.40. The fourth-order valence-electron chi connectivity index (χ4n) is 10.5. The first-order valence-electron chi connectivity index (χ1n) is 21.6. The van der Waals surface area contributed by atoms with Gasteiger partial charge in [0, 0.05) is 49.1 Å². The molecule has 0 N–H and O–H groups in total.